The maximum absolute atomic E-state index is 13.4. The third-order valence-electron chi connectivity index (χ3n) is 4.34. The molecule has 3 rings (SSSR count). The number of para-hydroxylation sites is 1. The average molecular weight is 362 g/mol. The van der Waals surface area contributed by atoms with Gasteiger partial charge < -0.3 is 9.94 Å². The highest BCUT2D eigenvalue weighted by atomic mass is 16.6. The zero-order valence-electron chi connectivity index (χ0n) is 15.6. The molecule has 5 nitrogen and oxygen atoms in total. The second kappa shape index (κ2) is 7.91. The molecule has 0 aliphatic heterocycles. The lowest BCUT2D eigenvalue weighted by atomic mass is 10.0. The Morgan fingerprint density at radius 3 is 2.26 bits per heavy atom. The van der Waals surface area contributed by atoms with Gasteiger partial charge in [-0.1, -0.05) is 53.7 Å². The predicted octanol–water partition coefficient (Wildman–Crippen LogP) is 4.28. The molecule has 0 spiro atoms. The lowest BCUT2D eigenvalue weighted by molar-refractivity contribution is 0.159. The van der Waals surface area contributed by atoms with Crippen molar-refractivity contribution >= 4 is 5.71 Å². The highest BCUT2D eigenvalue weighted by molar-refractivity contribution is 6.01. The van der Waals surface area contributed by atoms with Gasteiger partial charge in [0.1, 0.15) is 17.9 Å². The zero-order chi connectivity index (χ0) is 19.4. The summed E-state index contributed by atoms with van der Waals surface area (Å²) in [5, 5.41) is 14.8. The van der Waals surface area contributed by atoms with Gasteiger partial charge in [-0.05, 0) is 38.5 Å². The number of aromatic nitrogens is 1. The molecule has 0 atom stereocenters. The Balaban J connectivity index is 2.41. The first-order chi connectivity index (χ1) is 13.1. The van der Waals surface area contributed by atoms with Crippen LogP contribution >= 0.6 is 0 Å². The van der Waals surface area contributed by atoms with Crippen molar-refractivity contribution in [2.24, 2.45) is 5.16 Å². The molecule has 0 amide bonds. The summed E-state index contributed by atoms with van der Waals surface area (Å²) in [5.74, 6) is -0.0769. The Labute approximate surface area is 158 Å². The van der Waals surface area contributed by atoms with E-state index < -0.39 is 0 Å². The van der Waals surface area contributed by atoms with E-state index >= 15 is 0 Å². The summed E-state index contributed by atoms with van der Waals surface area (Å²) in [6.45, 7) is 5.64. The van der Waals surface area contributed by atoms with E-state index in [4.69, 9.17) is 4.84 Å². The third kappa shape index (κ3) is 3.49. The van der Waals surface area contributed by atoms with Crippen LogP contribution in [0.25, 0.3) is 16.9 Å². The van der Waals surface area contributed by atoms with E-state index in [1.165, 1.54) is 0 Å². The Kier molecular flexibility index (Phi) is 5.41. The molecule has 0 fully saturated rings. The minimum atomic E-state index is -0.343. The van der Waals surface area contributed by atoms with Crippen LogP contribution in [0, 0.1) is 6.92 Å². The maximum Gasteiger partial charge on any atom is 0.268 e. The van der Waals surface area contributed by atoms with Crippen molar-refractivity contribution in [2.75, 3.05) is 6.61 Å². The van der Waals surface area contributed by atoms with E-state index in [0.717, 1.165) is 11.3 Å². The molecular weight excluding hydrogens is 340 g/mol. The lowest BCUT2D eigenvalue weighted by Crippen LogP contribution is -2.27. The van der Waals surface area contributed by atoms with Gasteiger partial charge >= 0.3 is 0 Å². The summed E-state index contributed by atoms with van der Waals surface area (Å²) in [6, 6.07) is 18.9. The largest absolute Gasteiger partial charge is 0.507 e. The monoisotopic (exact) mass is 362 g/mol. The Morgan fingerprint density at radius 1 is 1.07 bits per heavy atom. The van der Waals surface area contributed by atoms with Gasteiger partial charge in [-0.25, -0.2) is 0 Å². The van der Waals surface area contributed by atoms with Crippen molar-refractivity contribution in [1.29, 1.82) is 0 Å². The number of hydrogen-bond acceptors (Lipinski definition) is 4. The van der Waals surface area contributed by atoms with Crippen LogP contribution in [0.15, 0.2) is 70.6 Å². The van der Waals surface area contributed by atoms with Crippen molar-refractivity contribution in [3.8, 4) is 22.7 Å². The zero-order valence-corrected chi connectivity index (χ0v) is 15.6. The molecule has 5 heteroatoms. The fraction of sp³-hybridized carbons (Fsp3) is 0.182. The van der Waals surface area contributed by atoms with Gasteiger partial charge in [-0.15, -0.1) is 0 Å². The van der Waals surface area contributed by atoms with Crippen LogP contribution in [0.3, 0.4) is 0 Å². The second-order valence-electron chi connectivity index (χ2n) is 6.13. The number of pyridine rings is 1. The molecule has 0 bridgehead atoms. The Bertz CT molecular complexity index is 1020. The molecule has 0 radical (unpaired) electrons. The van der Waals surface area contributed by atoms with Crippen LogP contribution in [0.2, 0.25) is 0 Å². The average Bonchev–Trinajstić information content (AvgIpc) is 2.70. The van der Waals surface area contributed by atoms with Crippen molar-refractivity contribution in [3.63, 3.8) is 0 Å². The molecule has 3 aromatic rings. The minimum Gasteiger partial charge on any atom is -0.507 e. The minimum absolute atomic E-state index is 0.0769. The molecule has 2 aromatic carbocycles. The van der Waals surface area contributed by atoms with Crippen LogP contribution in [-0.4, -0.2) is 22.0 Å². The van der Waals surface area contributed by atoms with Gasteiger partial charge in [0, 0.05) is 11.3 Å². The summed E-state index contributed by atoms with van der Waals surface area (Å²) >= 11 is 0. The van der Waals surface area contributed by atoms with Crippen molar-refractivity contribution in [2.45, 2.75) is 20.8 Å². The number of oxime groups is 1. The van der Waals surface area contributed by atoms with Crippen LogP contribution in [0.5, 0.6) is 5.75 Å². The molecular formula is C22H22N2O3. The third-order valence-corrected chi connectivity index (χ3v) is 4.34. The molecule has 1 heterocycles. The first-order valence-electron chi connectivity index (χ1n) is 8.82. The van der Waals surface area contributed by atoms with E-state index in [2.05, 4.69) is 5.16 Å². The molecule has 0 aliphatic carbocycles. The number of nitrogens with zero attached hydrogens (tertiary/aromatic N) is 2. The fourth-order valence-corrected chi connectivity index (χ4v) is 3.08. The molecule has 0 saturated carbocycles. The normalized spacial score (nSPS) is 11.4. The van der Waals surface area contributed by atoms with Crippen molar-refractivity contribution in [1.82, 2.24) is 4.57 Å². The molecule has 0 saturated heterocycles. The molecule has 138 valence electrons. The summed E-state index contributed by atoms with van der Waals surface area (Å²) in [6.07, 6.45) is 0. The first-order valence-corrected chi connectivity index (χ1v) is 8.82. The second-order valence-corrected chi connectivity index (χ2v) is 6.13. The van der Waals surface area contributed by atoms with Crippen molar-refractivity contribution < 1.29 is 9.94 Å². The highest BCUT2D eigenvalue weighted by Gasteiger charge is 2.23. The Morgan fingerprint density at radius 2 is 1.67 bits per heavy atom. The van der Waals surface area contributed by atoms with E-state index in [0.29, 0.717) is 23.6 Å². The summed E-state index contributed by atoms with van der Waals surface area (Å²) < 4.78 is 1.62. The number of benzene rings is 2. The van der Waals surface area contributed by atoms with Gasteiger partial charge in [-0.3, -0.25) is 9.36 Å². The standard InChI is InChI=1S/C22H22N2O3/c1-4-27-23-16(3)19-21(25)15(2)20(17-11-7-5-8-12-17)24(22(19)26)18-13-9-6-10-14-18/h5-14,25H,4H2,1-3H3/b23-16+. The number of hydrogen-bond donors (Lipinski definition) is 1. The van der Waals surface area contributed by atoms with Gasteiger partial charge in [0.15, 0.2) is 0 Å². The van der Waals surface area contributed by atoms with E-state index in [-0.39, 0.29) is 16.9 Å². The Hall–Kier alpha value is -3.34. The quantitative estimate of drug-likeness (QED) is 0.544. The lowest BCUT2D eigenvalue weighted by Gasteiger charge is -2.19. The van der Waals surface area contributed by atoms with Crippen LogP contribution in [0.4, 0.5) is 0 Å². The van der Waals surface area contributed by atoms with Crippen molar-refractivity contribution in [3.05, 3.63) is 82.1 Å². The van der Waals surface area contributed by atoms with Crippen LogP contribution in [-0.2, 0) is 4.84 Å². The van der Waals surface area contributed by atoms with Gasteiger partial charge in [0.05, 0.1) is 11.4 Å². The van der Waals surface area contributed by atoms with E-state index in [1.807, 2.05) is 67.6 Å². The molecule has 1 N–H and O–H groups in total. The first kappa shape index (κ1) is 18.5. The summed E-state index contributed by atoms with van der Waals surface area (Å²) in [4.78, 5) is 18.5. The molecule has 1 aromatic heterocycles. The van der Waals surface area contributed by atoms with Gasteiger partial charge in [0.2, 0.25) is 0 Å². The fourth-order valence-electron chi connectivity index (χ4n) is 3.08. The highest BCUT2D eigenvalue weighted by Crippen LogP contribution is 2.32. The van der Waals surface area contributed by atoms with Gasteiger partial charge in [0.25, 0.3) is 5.56 Å². The molecule has 0 unspecified atom stereocenters. The SMILES string of the molecule is CCO/N=C(\C)c1c(O)c(C)c(-c2ccccc2)n(-c2ccccc2)c1=O. The summed E-state index contributed by atoms with van der Waals surface area (Å²) in [7, 11) is 0. The topological polar surface area (TPSA) is 63.8 Å². The molecule has 27 heavy (non-hydrogen) atoms. The molecule has 0 aliphatic rings. The number of aromatic hydroxyl groups is 1. The van der Waals surface area contributed by atoms with Crippen LogP contribution < -0.4 is 5.56 Å². The van der Waals surface area contributed by atoms with Crippen LogP contribution in [0.1, 0.15) is 25.0 Å². The predicted molar refractivity (Wildman–Crippen MR) is 108 cm³/mol. The summed E-state index contributed by atoms with van der Waals surface area (Å²) in [5.41, 5.74) is 2.95. The smallest absolute Gasteiger partial charge is 0.268 e. The maximum atomic E-state index is 13.4. The van der Waals surface area contributed by atoms with E-state index in [1.54, 1.807) is 18.4 Å². The number of rotatable bonds is 5. The van der Waals surface area contributed by atoms with Gasteiger partial charge in [-0.2, -0.15) is 0 Å². The van der Waals surface area contributed by atoms with E-state index in [9.17, 15) is 9.90 Å².